The van der Waals surface area contributed by atoms with E-state index in [1.54, 1.807) is 0 Å². The molecular weight excluding hydrogens is 709 g/mol. The highest BCUT2D eigenvalue weighted by Crippen LogP contribution is 2.62. The van der Waals surface area contributed by atoms with Crippen molar-refractivity contribution in [2.24, 2.45) is 0 Å². The van der Waals surface area contributed by atoms with Gasteiger partial charge in [0.05, 0.1) is 38.9 Å². The third-order valence-electron chi connectivity index (χ3n) is 12.5. The van der Waals surface area contributed by atoms with Gasteiger partial charge in [0.25, 0.3) is 0 Å². The number of benzene rings is 7. The summed E-state index contributed by atoms with van der Waals surface area (Å²) >= 11 is 0. The maximum absolute atomic E-state index is 6.96. The van der Waals surface area contributed by atoms with E-state index in [2.05, 4.69) is 191 Å². The molecule has 5 nitrogen and oxygen atoms in total. The molecule has 11 aromatic rings. The molecule has 5 heteroatoms. The Morgan fingerprint density at radius 2 is 0.862 bits per heavy atom. The van der Waals surface area contributed by atoms with Crippen LogP contribution in [0.2, 0.25) is 0 Å². The van der Waals surface area contributed by atoms with E-state index in [4.69, 9.17) is 14.7 Å². The van der Waals surface area contributed by atoms with Gasteiger partial charge in [-0.25, -0.2) is 0 Å². The van der Waals surface area contributed by atoms with E-state index in [0.717, 1.165) is 78.7 Å². The number of para-hydroxylation sites is 4. The van der Waals surface area contributed by atoms with E-state index in [1.807, 2.05) is 12.4 Å². The van der Waals surface area contributed by atoms with Gasteiger partial charge in [-0.15, -0.1) is 0 Å². The highest BCUT2D eigenvalue weighted by atomic mass is 16.5. The molecule has 7 aromatic carbocycles. The van der Waals surface area contributed by atoms with Gasteiger partial charge in [0.15, 0.2) is 0 Å². The van der Waals surface area contributed by atoms with Gasteiger partial charge in [-0.3, -0.25) is 9.97 Å². The van der Waals surface area contributed by atoms with Crippen LogP contribution in [0.15, 0.2) is 194 Å². The minimum absolute atomic E-state index is 0.742. The average molecular weight is 741 g/mol. The largest absolute Gasteiger partial charge is 0.457 e. The first-order chi connectivity index (χ1) is 28.8. The van der Waals surface area contributed by atoms with Crippen LogP contribution in [0.25, 0.3) is 77.5 Å². The smallest absolute Gasteiger partial charge is 0.132 e. The van der Waals surface area contributed by atoms with Gasteiger partial charge in [-0.1, -0.05) is 97.1 Å². The predicted molar refractivity (Wildman–Crippen MR) is 234 cm³/mol. The lowest BCUT2D eigenvalue weighted by Gasteiger charge is -2.39. The van der Waals surface area contributed by atoms with Gasteiger partial charge >= 0.3 is 0 Å². The predicted octanol–water partition coefficient (Wildman–Crippen LogP) is 12.8. The van der Waals surface area contributed by atoms with Crippen LogP contribution in [0.1, 0.15) is 22.3 Å². The summed E-state index contributed by atoms with van der Waals surface area (Å²) in [5.74, 6) is 1.65. The fourth-order valence-corrected chi connectivity index (χ4v) is 10.1. The zero-order valence-corrected chi connectivity index (χ0v) is 31.2. The quantitative estimate of drug-likeness (QED) is 0.181. The van der Waals surface area contributed by atoms with Crippen LogP contribution in [0, 0.1) is 0 Å². The van der Waals surface area contributed by atoms with E-state index in [9.17, 15) is 0 Å². The molecule has 0 amide bonds. The zero-order chi connectivity index (χ0) is 38.0. The van der Waals surface area contributed by atoms with Crippen molar-refractivity contribution in [3.63, 3.8) is 0 Å². The molecule has 2 aliphatic rings. The molecule has 58 heavy (non-hydrogen) atoms. The number of nitrogens with zero attached hydrogens (tertiary/aromatic N) is 4. The van der Waals surface area contributed by atoms with Crippen molar-refractivity contribution in [2.75, 3.05) is 0 Å². The first-order valence-corrected chi connectivity index (χ1v) is 19.7. The molecule has 270 valence electrons. The van der Waals surface area contributed by atoms with Crippen LogP contribution in [-0.4, -0.2) is 19.1 Å². The lowest BCUT2D eigenvalue weighted by Crippen LogP contribution is -2.32. The molecule has 0 atom stereocenters. The Hall–Kier alpha value is -7.76. The Kier molecular flexibility index (Phi) is 6.31. The van der Waals surface area contributed by atoms with Crippen LogP contribution in [0.5, 0.6) is 11.5 Å². The second-order valence-electron chi connectivity index (χ2n) is 15.3. The number of hydrogen-bond donors (Lipinski definition) is 0. The van der Waals surface area contributed by atoms with Gasteiger partial charge in [0.2, 0.25) is 0 Å². The van der Waals surface area contributed by atoms with Crippen molar-refractivity contribution in [3.05, 3.63) is 217 Å². The number of pyridine rings is 2. The van der Waals surface area contributed by atoms with E-state index in [-0.39, 0.29) is 0 Å². The summed E-state index contributed by atoms with van der Waals surface area (Å²) in [6.07, 6.45) is 3.76. The lowest BCUT2D eigenvalue weighted by molar-refractivity contribution is 0.436. The summed E-state index contributed by atoms with van der Waals surface area (Å²) < 4.78 is 11.7. The van der Waals surface area contributed by atoms with Crippen molar-refractivity contribution >= 4 is 43.6 Å². The molecule has 0 unspecified atom stereocenters. The highest BCUT2D eigenvalue weighted by Gasteiger charge is 2.52. The van der Waals surface area contributed by atoms with Gasteiger partial charge < -0.3 is 13.9 Å². The average Bonchev–Trinajstić information content (AvgIpc) is 3.91. The normalized spacial score (nSPS) is 13.4. The van der Waals surface area contributed by atoms with Crippen LogP contribution < -0.4 is 4.74 Å². The monoisotopic (exact) mass is 740 g/mol. The van der Waals surface area contributed by atoms with E-state index >= 15 is 0 Å². The molecule has 1 aliphatic heterocycles. The third-order valence-corrected chi connectivity index (χ3v) is 12.5. The Labute approximate surface area is 333 Å². The standard InChI is InChI=1S/C53H32N4O/c1-2-12-35(13-3-1)56-47-21-9-6-16-39(47)40-30-33(22-25-48(40)56)34-23-26-49-43(31-34)53(41-17-10-28-54-51(41)52-42(53)18-11-29-55-52)44-32-36(24-27-50(44)58-49)57-45-19-7-4-14-37(45)38-15-5-8-20-46(38)57/h1-32H. The molecule has 0 radical (unpaired) electrons. The van der Waals surface area contributed by atoms with Gasteiger partial charge in [-0.2, -0.15) is 0 Å². The molecule has 4 aromatic heterocycles. The van der Waals surface area contributed by atoms with E-state index in [0.29, 0.717) is 0 Å². The highest BCUT2D eigenvalue weighted by molar-refractivity contribution is 6.11. The summed E-state index contributed by atoms with van der Waals surface area (Å²) in [6, 6.07) is 65.5. The second kappa shape index (κ2) is 11.6. The van der Waals surface area contributed by atoms with Crippen molar-refractivity contribution in [2.45, 2.75) is 5.41 Å². The van der Waals surface area contributed by atoms with Gasteiger partial charge in [0, 0.05) is 56.4 Å². The lowest BCUT2D eigenvalue weighted by atomic mass is 9.66. The number of hydrogen-bond acceptors (Lipinski definition) is 3. The number of ether oxygens (including phenoxy) is 1. The maximum Gasteiger partial charge on any atom is 0.132 e. The Balaban J connectivity index is 1.07. The molecule has 0 fully saturated rings. The van der Waals surface area contributed by atoms with Crippen molar-refractivity contribution in [1.82, 2.24) is 19.1 Å². The summed E-state index contributed by atoms with van der Waals surface area (Å²) in [6.45, 7) is 0. The zero-order valence-electron chi connectivity index (χ0n) is 31.2. The molecule has 1 aliphatic carbocycles. The number of aromatic nitrogens is 4. The minimum Gasteiger partial charge on any atom is -0.457 e. The molecule has 0 N–H and O–H groups in total. The fourth-order valence-electron chi connectivity index (χ4n) is 10.1. The number of fused-ring (bicyclic) bond motifs is 15. The molecular formula is C53H32N4O. The summed E-state index contributed by atoms with van der Waals surface area (Å²) in [7, 11) is 0. The summed E-state index contributed by atoms with van der Waals surface area (Å²) in [5, 5.41) is 4.89. The first kappa shape index (κ1) is 31.4. The van der Waals surface area contributed by atoms with Crippen molar-refractivity contribution in [3.8, 4) is 45.4 Å². The van der Waals surface area contributed by atoms with Crippen LogP contribution in [-0.2, 0) is 5.41 Å². The SMILES string of the molecule is c1ccc(-n2c3ccccc3c3cc(-c4ccc5c(c4)C4(c6cc(-n7c8ccccc8c8ccccc87)ccc6O5)c5cccnc5-c5ncccc54)ccc32)cc1. The summed E-state index contributed by atoms with van der Waals surface area (Å²) in [4.78, 5) is 10.0. The molecule has 0 saturated carbocycles. The maximum atomic E-state index is 6.96. The molecule has 5 heterocycles. The van der Waals surface area contributed by atoms with Gasteiger partial charge in [0.1, 0.15) is 11.5 Å². The van der Waals surface area contributed by atoms with Crippen LogP contribution in [0.4, 0.5) is 0 Å². The first-order valence-electron chi connectivity index (χ1n) is 19.7. The van der Waals surface area contributed by atoms with E-state index < -0.39 is 5.41 Å². The Bertz CT molecular complexity index is 3400. The second-order valence-corrected chi connectivity index (χ2v) is 15.3. The minimum atomic E-state index is -0.742. The molecule has 0 bridgehead atoms. The van der Waals surface area contributed by atoms with Crippen LogP contribution >= 0.6 is 0 Å². The summed E-state index contributed by atoms with van der Waals surface area (Å²) in [5.41, 5.74) is 14.6. The van der Waals surface area contributed by atoms with E-state index in [1.165, 1.54) is 32.6 Å². The van der Waals surface area contributed by atoms with Crippen LogP contribution in [0.3, 0.4) is 0 Å². The number of rotatable bonds is 3. The Morgan fingerprint density at radius 1 is 0.362 bits per heavy atom. The van der Waals surface area contributed by atoms with Gasteiger partial charge in [-0.05, 0) is 107 Å². The van der Waals surface area contributed by atoms with Crippen molar-refractivity contribution in [1.29, 1.82) is 0 Å². The molecule has 1 spiro atoms. The Morgan fingerprint density at radius 3 is 1.52 bits per heavy atom. The molecule has 13 rings (SSSR count). The topological polar surface area (TPSA) is 44.9 Å². The fraction of sp³-hybridized carbons (Fsp3) is 0.0189. The molecule has 0 saturated heterocycles. The van der Waals surface area contributed by atoms with Crippen molar-refractivity contribution < 1.29 is 4.74 Å². The third kappa shape index (κ3) is 4.09.